The first kappa shape index (κ1) is 8.99. The van der Waals surface area contributed by atoms with Crippen LogP contribution in [0.5, 0.6) is 0 Å². The first-order valence-corrected chi connectivity index (χ1v) is 4.93. The zero-order valence-corrected chi connectivity index (χ0v) is 7.75. The molecule has 13 heavy (non-hydrogen) atoms. The topological polar surface area (TPSA) is 4.93 Å². The summed E-state index contributed by atoms with van der Waals surface area (Å²) < 4.78 is 38.8. The molecule has 0 saturated carbocycles. The molecule has 0 unspecified atom stereocenters. The Morgan fingerprint density at radius 1 is 1.54 bits per heavy atom. The number of fused-ring (bicyclic) bond motifs is 1. The molecule has 1 aliphatic heterocycles. The minimum absolute atomic E-state index is 0.131. The highest BCUT2D eigenvalue weighted by Gasteiger charge is 2.37. The number of hydrogen-bond donors (Lipinski definition) is 0. The van der Waals surface area contributed by atoms with Gasteiger partial charge < -0.3 is 4.57 Å². The van der Waals surface area contributed by atoms with Crippen LogP contribution in [-0.4, -0.2) is 4.57 Å². The van der Waals surface area contributed by atoms with Crippen LogP contribution in [0.3, 0.4) is 0 Å². The van der Waals surface area contributed by atoms with E-state index in [4.69, 9.17) is 0 Å². The van der Waals surface area contributed by atoms with E-state index < -0.39 is 11.7 Å². The Labute approximate surface area is 77.9 Å². The quantitative estimate of drug-likeness (QED) is 0.632. The maximum Gasteiger partial charge on any atom is 0.418 e. The molecule has 0 aliphatic carbocycles. The fourth-order valence-electron chi connectivity index (χ4n) is 1.51. The molecule has 1 nitrogen and oxygen atoms in total. The van der Waals surface area contributed by atoms with Gasteiger partial charge in [-0.1, -0.05) is 0 Å². The molecule has 1 aliphatic rings. The van der Waals surface area contributed by atoms with Gasteiger partial charge in [-0.15, -0.1) is 11.8 Å². The average Bonchev–Trinajstić information content (AvgIpc) is 2.51. The molecule has 0 radical (unpaired) electrons. The predicted molar refractivity (Wildman–Crippen MR) is 45.4 cm³/mol. The van der Waals surface area contributed by atoms with Crippen LogP contribution in [-0.2, 0) is 11.9 Å². The van der Waals surface area contributed by atoms with Crippen molar-refractivity contribution < 1.29 is 13.2 Å². The van der Waals surface area contributed by atoms with Crippen LogP contribution >= 0.6 is 11.8 Å². The molecule has 72 valence electrons. The van der Waals surface area contributed by atoms with Crippen LogP contribution in [0, 0.1) is 0 Å². The number of nitrogens with zero attached hydrogens (tertiary/aromatic N) is 1. The van der Waals surface area contributed by atoms with Gasteiger partial charge in [-0.05, 0) is 13.0 Å². The van der Waals surface area contributed by atoms with E-state index in [0.717, 1.165) is 6.07 Å². The number of halogens is 3. The molecule has 1 aromatic rings. The highest BCUT2D eigenvalue weighted by Crippen LogP contribution is 2.42. The van der Waals surface area contributed by atoms with Crippen molar-refractivity contribution in [1.29, 1.82) is 0 Å². The van der Waals surface area contributed by atoms with E-state index in [1.54, 1.807) is 4.57 Å². The van der Waals surface area contributed by atoms with Crippen molar-refractivity contribution in [3.8, 4) is 0 Å². The lowest BCUT2D eigenvalue weighted by atomic mass is 10.2. The second kappa shape index (κ2) is 2.70. The van der Waals surface area contributed by atoms with Gasteiger partial charge >= 0.3 is 6.18 Å². The Bertz CT molecular complexity index is 329. The standard InChI is InChI=1S/C8H8F3NS/c1-5-12-3-2-6(8(9,10)11)7(12)4-13-5/h2-3,5H,4H2,1H3/t5-/m1/s1. The lowest BCUT2D eigenvalue weighted by molar-refractivity contribution is -0.138. The summed E-state index contributed by atoms with van der Waals surface area (Å²) in [6.07, 6.45) is -2.69. The van der Waals surface area contributed by atoms with Crippen molar-refractivity contribution in [2.75, 3.05) is 0 Å². The fraction of sp³-hybridized carbons (Fsp3) is 0.500. The van der Waals surface area contributed by atoms with Crippen molar-refractivity contribution in [3.05, 3.63) is 23.5 Å². The van der Waals surface area contributed by atoms with Crippen LogP contribution < -0.4 is 0 Å². The summed E-state index contributed by atoms with van der Waals surface area (Å²) in [6, 6.07) is 1.16. The van der Waals surface area contributed by atoms with Crippen molar-refractivity contribution in [2.24, 2.45) is 0 Å². The highest BCUT2D eigenvalue weighted by molar-refractivity contribution is 7.98. The Hall–Kier alpha value is -0.580. The summed E-state index contributed by atoms with van der Waals surface area (Å²) in [6.45, 7) is 1.90. The molecule has 0 aromatic carbocycles. The number of thioether (sulfide) groups is 1. The molecule has 0 saturated heterocycles. The molecule has 5 heteroatoms. The third kappa shape index (κ3) is 1.35. The molecule has 1 aromatic heterocycles. The van der Waals surface area contributed by atoms with Gasteiger partial charge in [0.1, 0.15) is 0 Å². The zero-order valence-electron chi connectivity index (χ0n) is 6.93. The van der Waals surface area contributed by atoms with Gasteiger partial charge in [0.2, 0.25) is 0 Å². The van der Waals surface area contributed by atoms with E-state index >= 15 is 0 Å². The third-order valence-electron chi connectivity index (χ3n) is 2.18. The largest absolute Gasteiger partial charge is 0.418 e. The molecule has 1 atom stereocenters. The molecule has 0 fully saturated rings. The Kier molecular flexibility index (Phi) is 1.87. The second-order valence-corrected chi connectivity index (χ2v) is 4.30. The van der Waals surface area contributed by atoms with Crippen LogP contribution in [0.2, 0.25) is 0 Å². The van der Waals surface area contributed by atoms with Crippen molar-refractivity contribution in [1.82, 2.24) is 4.57 Å². The number of rotatable bonds is 0. The molecule has 0 N–H and O–H groups in total. The maximum atomic E-state index is 12.4. The number of alkyl halides is 3. The van der Waals surface area contributed by atoms with Crippen LogP contribution in [0.4, 0.5) is 13.2 Å². The van der Waals surface area contributed by atoms with Gasteiger partial charge in [0, 0.05) is 17.6 Å². The van der Waals surface area contributed by atoms with Gasteiger partial charge in [0.25, 0.3) is 0 Å². The first-order chi connectivity index (χ1) is 6.00. The van der Waals surface area contributed by atoms with Crippen LogP contribution in [0.15, 0.2) is 12.3 Å². The van der Waals surface area contributed by atoms with E-state index in [-0.39, 0.29) is 5.37 Å². The Morgan fingerprint density at radius 3 is 2.85 bits per heavy atom. The molecule has 2 rings (SSSR count). The minimum atomic E-state index is -4.20. The monoisotopic (exact) mass is 207 g/mol. The molecule has 0 bridgehead atoms. The van der Waals surface area contributed by atoms with Crippen molar-refractivity contribution in [3.63, 3.8) is 0 Å². The van der Waals surface area contributed by atoms with E-state index in [9.17, 15) is 13.2 Å². The summed E-state index contributed by atoms with van der Waals surface area (Å²) in [4.78, 5) is 0. The minimum Gasteiger partial charge on any atom is -0.338 e. The van der Waals surface area contributed by atoms with E-state index in [2.05, 4.69) is 0 Å². The van der Waals surface area contributed by atoms with Crippen LogP contribution in [0.25, 0.3) is 0 Å². The van der Waals surface area contributed by atoms with Gasteiger partial charge in [-0.25, -0.2) is 0 Å². The zero-order chi connectivity index (χ0) is 9.64. The lowest BCUT2D eigenvalue weighted by Crippen LogP contribution is -2.07. The smallest absolute Gasteiger partial charge is 0.338 e. The van der Waals surface area contributed by atoms with Gasteiger partial charge in [-0.3, -0.25) is 0 Å². The summed E-state index contributed by atoms with van der Waals surface area (Å²) in [5, 5.41) is 0.131. The predicted octanol–water partition coefficient (Wildman–Crippen LogP) is 3.27. The normalized spacial score (nSPS) is 22.0. The number of hydrogen-bond acceptors (Lipinski definition) is 1. The number of aromatic nitrogens is 1. The highest BCUT2D eigenvalue weighted by atomic mass is 32.2. The first-order valence-electron chi connectivity index (χ1n) is 3.88. The van der Waals surface area contributed by atoms with Gasteiger partial charge in [0.15, 0.2) is 0 Å². The Morgan fingerprint density at radius 2 is 2.23 bits per heavy atom. The Balaban J connectivity index is 2.47. The average molecular weight is 207 g/mol. The third-order valence-corrected chi connectivity index (χ3v) is 3.33. The van der Waals surface area contributed by atoms with Crippen molar-refractivity contribution >= 4 is 11.8 Å². The maximum absolute atomic E-state index is 12.4. The summed E-state index contributed by atoms with van der Waals surface area (Å²) >= 11 is 1.53. The van der Waals surface area contributed by atoms with Crippen molar-refractivity contribution in [2.45, 2.75) is 24.2 Å². The van der Waals surface area contributed by atoms with E-state index in [1.165, 1.54) is 18.0 Å². The SMILES string of the molecule is C[C@H]1SCc2c(C(F)(F)F)ccn21. The molecule has 0 amide bonds. The summed E-state index contributed by atoms with van der Waals surface area (Å²) in [5.74, 6) is 0.461. The van der Waals surface area contributed by atoms with E-state index in [0.29, 0.717) is 11.4 Å². The molecule has 0 spiro atoms. The second-order valence-electron chi connectivity index (χ2n) is 2.99. The van der Waals surface area contributed by atoms with Gasteiger partial charge in [-0.2, -0.15) is 13.2 Å². The fourth-order valence-corrected chi connectivity index (χ4v) is 2.57. The lowest BCUT2D eigenvalue weighted by Gasteiger charge is -2.06. The molecule has 2 heterocycles. The summed E-state index contributed by atoms with van der Waals surface area (Å²) in [5.41, 5.74) is -0.0747. The molecular formula is C8H8F3NS. The van der Waals surface area contributed by atoms with Crippen LogP contribution in [0.1, 0.15) is 23.6 Å². The summed E-state index contributed by atoms with van der Waals surface area (Å²) in [7, 11) is 0. The van der Waals surface area contributed by atoms with E-state index in [1.807, 2.05) is 6.92 Å². The molecular weight excluding hydrogens is 199 g/mol. The van der Waals surface area contributed by atoms with Gasteiger partial charge in [0.05, 0.1) is 10.9 Å².